The summed E-state index contributed by atoms with van der Waals surface area (Å²) in [6.45, 7) is 6.55. The summed E-state index contributed by atoms with van der Waals surface area (Å²) in [6.07, 6.45) is 9.00. The molecular formula is C16H32N2O. The lowest BCUT2D eigenvalue weighted by Crippen LogP contribution is -2.49. The third-order valence-corrected chi connectivity index (χ3v) is 4.46. The molecule has 0 bridgehead atoms. The Kier molecular flexibility index (Phi) is 7.44. The van der Waals surface area contributed by atoms with E-state index < -0.39 is 0 Å². The molecule has 0 radical (unpaired) electrons. The molecule has 0 aromatic carbocycles. The van der Waals surface area contributed by atoms with Crippen LogP contribution < -0.4 is 11.1 Å². The molecule has 1 fully saturated rings. The minimum Gasteiger partial charge on any atom is -0.353 e. The monoisotopic (exact) mass is 268 g/mol. The lowest BCUT2D eigenvalue weighted by atomic mass is 9.76. The summed E-state index contributed by atoms with van der Waals surface area (Å²) in [5, 5.41) is 3.26. The summed E-state index contributed by atoms with van der Waals surface area (Å²) in [6, 6.07) is 0.399. The Balaban J connectivity index is 2.53. The van der Waals surface area contributed by atoms with Crippen molar-refractivity contribution in [2.24, 2.45) is 17.6 Å². The van der Waals surface area contributed by atoms with Crippen LogP contribution in [0.1, 0.15) is 72.1 Å². The Labute approximate surface area is 118 Å². The van der Waals surface area contributed by atoms with Crippen LogP contribution in [0.15, 0.2) is 0 Å². The van der Waals surface area contributed by atoms with Gasteiger partial charge in [-0.15, -0.1) is 0 Å². The van der Waals surface area contributed by atoms with Crippen molar-refractivity contribution < 1.29 is 4.79 Å². The minimum atomic E-state index is 0.0229. The Morgan fingerprint density at radius 2 is 2.00 bits per heavy atom. The summed E-state index contributed by atoms with van der Waals surface area (Å²) in [7, 11) is 0. The van der Waals surface area contributed by atoms with Crippen molar-refractivity contribution in [1.82, 2.24) is 5.32 Å². The van der Waals surface area contributed by atoms with Gasteiger partial charge < -0.3 is 11.1 Å². The molecule has 0 aromatic rings. The Hall–Kier alpha value is -0.570. The maximum absolute atomic E-state index is 12.5. The molecule has 1 aliphatic carbocycles. The Morgan fingerprint density at radius 1 is 1.26 bits per heavy atom. The Bertz CT molecular complexity index is 257. The fraction of sp³-hybridized carbons (Fsp3) is 0.938. The number of nitrogens with two attached hydrogens (primary N) is 1. The van der Waals surface area contributed by atoms with Crippen molar-refractivity contribution >= 4 is 5.91 Å². The first-order valence-corrected chi connectivity index (χ1v) is 8.16. The third kappa shape index (κ3) is 5.13. The second kappa shape index (κ2) is 8.57. The Morgan fingerprint density at radius 3 is 2.58 bits per heavy atom. The van der Waals surface area contributed by atoms with Crippen LogP contribution in [0.25, 0.3) is 0 Å². The van der Waals surface area contributed by atoms with Gasteiger partial charge in [0.1, 0.15) is 0 Å². The van der Waals surface area contributed by atoms with E-state index in [0.717, 1.165) is 32.1 Å². The summed E-state index contributed by atoms with van der Waals surface area (Å²) in [5.41, 5.74) is 6.16. The molecule has 0 saturated heterocycles. The highest BCUT2D eigenvalue weighted by atomic mass is 16.2. The molecule has 112 valence electrons. The fourth-order valence-electron chi connectivity index (χ4n) is 3.29. The van der Waals surface area contributed by atoms with Crippen LogP contribution in [0.3, 0.4) is 0 Å². The van der Waals surface area contributed by atoms with Crippen LogP contribution in [-0.4, -0.2) is 18.0 Å². The van der Waals surface area contributed by atoms with E-state index in [1.165, 1.54) is 19.3 Å². The zero-order valence-corrected chi connectivity index (χ0v) is 13.0. The number of hydrogen-bond donors (Lipinski definition) is 2. The van der Waals surface area contributed by atoms with Crippen LogP contribution in [0, 0.1) is 11.8 Å². The lowest BCUT2D eigenvalue weighted by molar-refractivity contribution is -0.129. The summed E-state index contributed by atoms with van der Waals surface area (Å²) >= 11 is 0. The number of hydrogen-bond acceptors (Lipinski definition) is 2. The predicted octanol–water partition coefficient (Wildman–Crippen LogP) is 3.23. The van der Waals surface area contributed by atoms with Crippen molar-refractivity contribution in [3.63, 3.8) is 0 Å². The van der Waals surface area contributed by atoms with Crippen molar-refractivity contribution in [3.8, 4) is 0 Å². The molecule has 0 spiro atoms. The summed E-state index contributed by atoms with van der Waals surface area (Å²) in [5.74, 6) is 0.654. The molecule has 1 aliphatic rings. The maximum Gasteiger partial charge on any atom is 0.225 e. The molecule has 0 heterocycles. The molecular weight excluding hydrogens is 236 g/mol. The van der Waals surface area contributed by atoms with Gasteiger partial charge in [0.25, 0.3) is 0 Å². The minimum absolute atomic E-state index is 0.0229. The highest BCUT2D eigenvalue weighted by Crippen LogP contribution is 2.29. The van der Waals surface area contributed by atoms with Crippen LogP contribution in [0.5, 0.6) is 0 Å². The van der Waals surface area contributed by atoms with Gasteiger partial charge >= 0.3 is 0 Å². The van der Waals surface area contributed by atoms with Crippen LogP contribution in [-0.2, 0) is 4.79 Å². The SMILES string of the molecule is CCCCC(CCC)NC(=O)C1C(C)CCCC1N. The third-order valence-electron chi connectivity index (χ3n) is 4.46. The van der Waals surface area contributed by atoms with Gasteiger partial charge in [0.05, 0.1) is 5.92 Å². The van der Waals surface area contributed by atoms with E-state index in [0.29, 0.717) is 12.0 Å². The van der Waals surface area contributed by atoms with Gasteiger partial charge in [0.15, 0.2) is 0 Å². The van der Waals surface area contributed by atoms with E-state index in [1.54, 1.807) is 0 Å². The van der Waals surface area contributed by atoms with Gasteiger partial charge in [0, 0.05) is 12.1 Å². The quantitative estimate of drug-likeness (QED) is 0.745. The molecule has 0 aromatic heterocycles. The number of rotatable bonds is 7. The van der Waals surface area contributed by atoms with E-state index in [1.807, 2.05) is 0 Å². The van der Waals surface area contributed by atoms with Crippen LogP contribution >= 0.6 is 0 Å². The molecule has 4 unspecified atom stereocenters. The van der Waals surface area contributed by atoms with Crippen molar-refractivity contribution in [1.29, 1.82) is 0 Å². The average molecular weight is 268 g/mol. The number of amides is 1. The summed E-state index contributed by atoms with van der Waals surface area (Å²) < 4.78 is 0. The van der Waals surface area contributed by atoms with Gasteiger partial charge in [-0.1, -0.05) is 46.5 Å². The molecule has 4 atom stereocenters. The zero-order valence-electron chi connectivity index (χ0n) is 13.0. The van der Waals surface area contributed by atoms with Crippen LogP contribution in [0.4, 0.5) is 0 Å². The topological polar surface area (TPSA) is 55.1 Å². The van der Waals surface area contributed by atoms with E-state index in [9.17, 15) is 4.79 Å². The molecule has 3 nitrogen and oxygen atoms in total. The standard InChI is InChI=1S/C16H32N2O/c1-4-6-10-13(8-5-2)18-16(19)15-12(3)9-7-11-14(15)17/h12-15H,4-11,17H2,1-3H3,(H,18,19). The smallest absolute Gasteiger partial charge is 0.225 e. The molecule has 3 heteroatoms. The van der Waals surface area contributed by atoms with Gasteiger partial charge in [-0.25, -0.2) is 0 Å². The number of unbranched alkanes of at least 4 members (excludes halogenated alkanes) is 1. The van der Waals surface area contributed by atoms with E-state index in [-0.39, 0.29) is 17.9 Å². The highest BCUT2D eigenvalue weighted by molar-refractivity contribution is 5.80. The molecule has 19 heavy (non-hydrogen) atoms. The fourth-order valence-corrected chi connectivity index (χ4v) is 3.29. The zero-order chi connectivity index (χ0) is 14.3. The first-order valence-electron chi connectivity index (χ1n) is 8.16. The maximum atomic E-state index is 12.5. The second-order valence-corrected chi connectivity index (χ2v) is 6.23. The normalized spacial score (nSPS) is 28.9. The number of carbonyl (C=O) groups is 1. The highest BCUT2D eigenvalue weighted by Gasteiger charge is 2.34. The van der Waals surface area contributed by atoms with Gasteiger partial charge in [-0.2, -0.15) is 0 Å². The molecule has 1 saturated carbocycles. The van der Waals surface area contributed by atoms with Gasteiger partial charge in [-0.3, -0.25) is 4.79 Å². The molecule has 1 rings (SSSR count). The molecule has 1 amide bonds. The van der Waals surface area contributed by atoms with Gasteiger partial charge in [0.2, 0.25) is 5.91 Å². The predicted molar refractivity (Wildman–Crippen MR) is 80.8 cm³/mol. The van der Waals surface area contributed by atoms with Crippen molar-refractivity contribution in [2.75, 3.05) is 0 Å². The second-order valence-electron chi connectivity index (χ2n) is 6.23. The van der Waals surface area contributed by atoms with E-state index >= 15 is 0 Å². The summed E-state index contributed by atoms with van der Waals surface area (Å²) in [4.78, 5) is 12.5. The first-order chi connectivity index (χ1) is 9.10. The van der Waals surface area contributed by atoms with E-state index in [4.69, 9.17) is 5.73 Å². The van der Waals surface area contributed by atoms with Gasteiger partial charge in [-0.05, 0) is 31.6 Å². The number of nitrogens with one attached hydrogen (secondary N) is 1. The van der Waals surface area contributed by atoms with Crippen molar-refractivity contribution in [2.45, 2.75) is 84.2 Å². The first kappa shape index (κ1) is 16.5. The van der Waals surface area contributed by atoms with E-state index in [2.05, 4.69) is 26.1 Å². The average Bonchev–Trinajstić information content (AvgIpc) is 2.36. The molecule has 3 N–H and O–H groups in total. The number of carbonyl (C=O) groups excluding carboxylic acids is 1. The lowest BCUT2D eigenvalue weighted by Gasteiger charge is -2.34. The molecule has 0 aliphatic heterocycles. The van der Waals surface area contributed by atoms with Crippen LogP contribution in [0.2, 0.25) is 0 Å². The van der Waals surface area contributed by atoms with Crippen molar-refractivity contribution in [3.05, 3.63) is 0 Å². The largest absolute Gasteiger partial charge is 0.353 e.